The lowest BCUT2D eigenvalue weighted by Gasteiger charge is -2.34. The van der Waals surface area contributed by atoms with Crippen LogP contribution < -0.4 is 4.90 Å². The standard InChI is InChI=1S/C22H27N7/c1-4-28-10-12-29(13-11-28)22-26-20(15-18-8-9-23-17(3)14-18)25-21(27-22)19-7-5-6-16(2)24-19/h5-9,14H,4,10-13,15H2,1-3H3. The van der Waals surface area contributed by atoms with E-state index in [4.69, 9.17) is 15.0 Å². The fourth-order valence-electron chi connectivity index (χ4n) is 3.57. The van der Waals surface area contributed by atoms with Crippen molar-refractivity contribution >= 4 is 5.95 Å². The molecule has 0 N–H and O–H groups in total. The molecular formula is C22H27N7. The van der Waals surface area contributed by atoms with Crippen LogP contribution in [0.1, 0.15) is 29.7 Å². The van der Waals surface area contributed by atoms with Gasteiger partial charge in [-0.05, 0) is 50.2 Å². The summed E-state index contributed by atoms with van der Waals surface area (Å²) in [6.07, 6.45) is 2.48. The number of hydrogen-bond acceptors (Lipinski definition) is 7. The van der Waals surface area contributed by atoms with Gasteiger partial charge in [-0.25, -0.2) is 9.97 Å². The van der Waals surface area contributed by atoms with Gasteiger partial charge in [-0.2, -0.15) is 9.97 Å². The largest absolute Gasteiger partial charge is 0.338 e. The van der Waals surface area contributed by atoms with Gasteiger partial charge >= 0.3 is 0 Å². The summed E-state index contributed by atoms with van der Waals surface area (Å²) in [4.78, 5) is 28.0. The van der Waals surface area contributed by atoms with Crippen LogP contribution in [0.15, 0.2) is 36.5 Å². The average molecular weight is 390 g/mol. The molecule has 0 amide bonds. The normalized spacial score (nSPS) is 14.9. The number of piperazine rings is 1. The minimum Gasteiger partial charge on any atom is -0.338 e. The van der Waals surface area contributed by atoms with E-state index < -0.39 is 0 Å². The molecule has 0 spiro atoms. The van der Waals surface area contributed by atoms with Crippen molar-refractivity contribution in [2.24, 2.45) is 0 Å². The fourth-order valence-corrected chi connectivity index (χ4v) is 3.57. The topological polar surface area (TPSA) is 70.9 Å². The van der Waals surface area contributed by atoms with Crippen LogP contribution in [0, 0.1) is 13.8 Å². The highest BCUT2D eigenvalue weighted by Crippen LogP contribution is 2.19. The van der Waals surface area contributed by atoms with Gasteiger partial charge in [0.1, 0.15) is 11.5 Å². The Kier molecular flexibility index (Phi) is 5.76. The number of aromatic nitrogens is 5. The number of rotatable bonds is 5. The summed E-state index contributed by atoms with van der Waals surface area (Å²) < 4.78 is 0. The minimum atomic E-state index is 0.636. The molecule has 1 fully saturated rings. The van der Waals surface area contributed by atoms with Crippen LogP contribution >= 0.6 is 0 Å². The third-order valence-corrected chi connectivity index (χ3v) is 5.21. The average Bonchev–Trinajstić information content (AvgIpc) is 2.73. The zero-order valence-corrected chi connectivity index (χ0v) is 17.3. The molecule has 0 bridgehead atoms. The lowest BCUT2D eigenvalue weighted by atomic mass is 10.1. The van der Waals surface area contributed by atoms with Crippen molar-refractivity contribution in [1.29, 1.82) is 0 Å². The molecule has 0 atom stereocenters. The molecule has 1 saturated heterocycles. The molecule has 0 saturated carbocycles. The monoisotopic (exact) mass is 389 g/mol. The molecule has 7 heteroatoms. The maximum absolute atomic E-state index is 4.82. The molecule has 7 nitrogen and oxygen atoms in total. The van der Waals surface area contributed by atoms with Crippen molar-refractivity contribution < 1.29 is 0 Å². The number of anilines is 1. The molecule has 1 aliphatic heterocycles. The Morgan fingerprint density at radius 2 is 1.72 bits per heavy atom. The zero-order chi connectivity index (χ0) is 20.2. The highest BCUT2D eigenvalue weighted by atomic mass is 15.3. The maximum atomic E-state index is 4.82. The van der Waals surface area contributed by atoms with Crippen LogP contribution in [0.3, 0.4) is 0 Å². The molecule has 150 valence electrons. The Morgan fingerprint density at radius 3 is 2.45 bits per heavy atom. The van der Waals surface area contributed by atoms with Gasteiger partial charge in [-0.15, -0.1) is 0 Å². The maximum Gasteiger partial charge on any atom is 0.229 e. The summed E-state index contributed by atoms with van der Waals surface area (Å²) in [5.74, 6) is 2.14. The van der Waals surface area contributed by atoms with Gasteiger partial charge in [0.05, 0.1) is 0 Å². The smallest absolute Gasteiger partial charge is 0.229 e. The van der Waals surface area contributed by atoms with Crippen molar-refractivity contribution in [3.8, 4) is 11.5 Å². The Morgan fingerprint density at radius 1 is 0.897 bits per heavy atom. The molecule has 4 heterocycles. The lowest BCUT2D eigenvalue weighted by Crippen LogP contribution is -2.46. The predicted octanol–water partition coefficient (Wildman–Crippen LogP) is 2.68. The van der Waals surface area contributed by atoms with E-state index in [0.29, 0.717) is 12.2 Å². The first-order chi connectivity index (χ1) is 14.1. The minimum absolute atomic E-state index is 0.636. The third kappa shape index (κ3) is 4.74. The molecule has 1 aliphatic rings. The second-order valence-electron chi connectivity index (χ2n) is 7.44. The predicted molar refractivity (Wildman–Crippen MR) is 114 cm³/mol. The van der Waals surface area contributed by atoms with Crippen molar-refractivity contribution in [3.63, 3.8) is 0 Å². The van der Waals surface area contributed by atoms with Crippen molar-refractivity contribution in [2.45, 2.75) is 27.2 Å². The number of likely N-dealkylation sites (N-methyl/N-ethyl adjacent to an activating group) is 1. The molecule has 0 unspecified atom stereocenters. The van der Waals surface area contributed by atoms with Gasteiger partial charge in [0.25, 0.3) is 0 Å². The molecule has 3 aromatic rings. The van der Waals surface area contributed by atoms with Crippen molar-refractivity contribution in [3.05, 3.63) is 59.3 Å². The Balaban J connectivity index is 1.69. The quantitative estimate of drug-likeness (QED) is 0.664. The molecule has 4 rings (SSSR count). The molecule has 3 aromatic heterocycles. The van der Waals surface area contributed by atoms with Crippen LogP contribution in [0.25, 0.3) is 11.5 Å². The van der Waals surface area contributed by atoms with Gasteiger partial charge in [0.15, 0.2) is 5.82 Å². The Labute approximate surface area is 171 Å². The zero-order valence-electron chi connectivity index (χ0n) is 17.3. The van der Waals surface area contributed by atoms with Crippen LogP contribution in [0.5, 0.6) is 0 Å². The fraction of sp³-hybridized carbons (Fsp3) is 0.409. The van der Waals surface area contributed by atoms with Gasteiger partial charge in [0, 0.05) is 50.2 Å². The first kappa shape index (κ1) is 19.4. The SMILES string of the molecule is CCN1CCN(c2nc(Cc3ccnc(C)c3)nc(-c3cccc(C)n3)n2)CC1. The summed E-state index contributed by atoms with van der Waals surface area (Å²) in [6.45, 7) is 11.2. The highest BCUT2D eigenvalue weighted by Gasteiger charge is 2.20. The Bertz CT molecular complexity index is 980. The highest BCUT2D eigenvalue weighted by molar-refractivity contribution is 5.52. The van der Waals surface area contributed by atoms with E-state index in [-0.39, 0.29) is 0 Å². The van der Waals surface area contributed by atoms with E-state index in [2.05, 4.69) is 32.8 Å². The van der Waals surface area contributed by atoms with Gasteiger partial charge in [-0.1, -0.05) is 13.0 Å². The number of pyridine rings is 2. The number of nitrogens with zero attached hydrogens (tertiary/aromatic N) is 7. The molecular weight excluding hydrogens is 362 g/mol. The van der Waals surface area contributed by atoms with Crippen LogP contribution in [-0.4, -0.2) is 62.5 Å². The van der Waals surface area contributed by atoms with E-state index >= 15 is 0 Å². The van der Waals surface area contributed by atoms with Crippen LogP contribution in [0.4, 0.5) is 5.95 Å². The summed E-state index contributed by atoms with van der Waals surface area (Å²) in [5.41, 5.74) is 3.88. The van der Waals surface area contributed by atoms with Crippen molar-refractivity contribution in [1.82, 2.24) is 29.8 Å². The van der Waals surface area contributed by atoms with Crippen molar-refractivity contribution in [2.75, 3.05) is 37.6 Å². The number of aryl methyl sites for hydroxylation is 2. The van der Waals surface area contributed by atoms with E-state index in [1.807, 2.05) is 44.3 Å². The summed E-state index contributed by atoms with van der Waals surface area (Å²) in [5, 5.41) is 0. The van der Waals surface area contributed by atoms with Gasteiger partial charge in [0.2, 0.25) is 5.95 Å². The van der Waals surface area contributed by atoms with Crippen LogP contribution in [-0.2, 0) is 6.42 Å². The first-order valence-corrected chi connectivity index (χ1v) is 10.2. The second kappa shape index (κ2) is 8.61. The first-order valence-electron chi connectivity index (χ1n) is 10.2. The second-order valence-corrected chi connectivity index (χ2v) is 7.44. The lowest BCUT2D eigenvalue weighted by molar-refractivity contribution is 0.270. The third-order valence-electron chi connectivity index (χ3n) is 5.21. The van der Waals surface area contributed by atoms with Crippen LogP contribution in [0.2, 0.25) is 0 Å². The molecule has 29 heavy (non-hydrogen) atoms. The summed E-state index contributed by atoms with van der Waals surface area (Å²) >= 11 is 0. The van der Waals surface area contributed by atoms with E-state index in [1.54, 1.807) is 0 Å². The van der Waals surface area contributed by atoms with E-state index in [9.17, 15) is 0 Å². The Hall–Kier alpha value is -2.93. The summed E-state index contributed by atoms with van der Waals surface area (Å²) in [7, 11) is 0. The van der Waals surface area contributed by atoms with Gasteiger partial charge in [-0.3, -0.25) is 4.98 Å². The van der Waals surface area contributed by atoms with E-state index in [0.717, 1.165) is 67.1 Å². The number of hydrogen-bond donors (Lipinski definition) is 0. The molecule has 0 aliphatic carbocycles. The van der Waals surface area contributed by atoms with E-state index in [1.165, 1.54) is 0 Å². The summed E-state index contributed by atoms with van der Waals surface area (Å²) in [6, 6.07) is 10.0. The van der Waals surface area contributed by atoms with Gasteiger partial charge < -0.3 is 9.80 Å². The molecule has 0 radical (unpaired) electrons. The molecule has 0 aromatic carbocycles.